The molecule has 0 nitrogen and oxygen atoms in total. The van der Waals surface area contributed by atoms with Gasteiger partial charge in [0.2, 0.25) is 0 Å². The molecule has 1 aliphatic carbocycles. The summed E-state index contributed by atoms with van der Waals surface area (Å²) in [4.78, 5) is 0. The van der Waals surface area contributed by atoms with Gasteiger partial charge in [0.05, 0.1) is 0 Å². The zero-order valence-electron chi connectivity index (χ0n) is 7.97. The van der Waals surface area contributed by atoms with Gasteiger partial charge in [-0.3, -0.25) is 0 Å². The predicted molar refractivity (Wildman–Crippen MR) is 60.7 cm³/mol. The van der Waals surface area contributed by atoms with Gasteiger partial charge in [-0.25, -0.2) is 0 Å². The van der Waals surface area contributed by atoms with Crippen molar-refractivity contribution in [3.05, 3.63) is 39.4 Å². The van der Waals surface area contributed by atoms with Gasteiger partial charge in [0.1, 0.15) is 0 Å². The molecule has 0 saturated carbocycles. The molecule has 0 N–H and O–H groups in total. The molecule has 0 atom stereocenters. The maximum atomic E-state index is 3.59. The van der Waals surface area contributed by atoms with E-state index in [-0.39, 0.29) is 0 Å². The van der Waals surface area contributed by atoms with Crippen molar-refractivity contribution in [2.24, 2.45) is 5.92 Å². The van der Waals surface area contributed by atoms with Gasteiger partial charge in [-0.15, -0.1) is 0 Å². The molecule has 1 aromatic carbocycles. The molecule has 1 heteroatoms. The predicted octanol–water partition coefficient (Wildman–Crippen LogP) is 4.04. The summed E-state index contributed by atoms with van der Waals surface area (Å²) in [6, 6.07) is 6.41. The summed E-state index contributed by atoms with van der Waals surface area (Å²) >= 11 is 3.59. The van der Waals surface area contributed by atoms with E-state index in [0.29, 0.717) is 5.92 Å². The van der Waals surface area contributed by atoms with E-state index in [4.69, 9.17) is 0 Å². The first-order valence-corrected chi connectivity index (χ1v) is 5.45. The second-order valence-electron chi connectivity index (χ2n) is 3.86. The minimum atomic E-state index is 0.666. The van der Waals surface area contributed by atoms with Gasteiger partial charge < -0.3 is 0 Å². The summed E-state index contributed by atoms with van der Waals surface area (Å²) in [5.74, 6) is 0.666. The van der Waals surface area contributed by atoms with Gasteiger partial charge in [0.25, 0.3) is 0 Å². The Hall–Kier alpha value is -0.560. The van der Waals surface area contributed by atoms with Crippen molar-refractivity contribution in [3.63, 3.8) is 0 Å². The van der Waals surface area contributed by atoms with Crippen molar-refractivity contribution < 1.29 is 0 Å². The molecule has 0 unspecified atom stereocenters. The average molecular weight is 237 g/mol. The highest BCUT2D eigenvalue weighted by Gasteiger charge is 2.16. The fourth-order valence-electron chi connectivity index (χ4n) is 1.72. The first kappa shape index (κ1) is 9.01. The van der Waals surface area contributed by atoms with Crippen molar-refractivity contribution in [3.8, 4) is 0 Å². The van der Waals surface area contributed by atoms with E-state index in [0.717, 1.165) is 6.42 Å². The van der Waals surface area contributed by atoms with Crippen LogP contribution >= 0.6 is 15.9 Å². The summed E-state index contributed by atoms with van der Waals surface area (Å²) in [7, 11) is 0. The number of hydrogen-bond acceptors (Lipinski definition) is 0. The maximum absolute atomic E-state index is 3.59. The zero-order valence-corrected chi connectivity index (χ0v) is 9.56. The molecule has 0 radical (unpaired) electrons. The molecule has 0 aromatic heterocycles. The van der Waals surface area contributed by atoms with Crippen LogP contribution in [0, 0.1) is 5.92 Å². The van der Waals surface area contributed by atoms with Crippen LogP contribution in [0.3, 0.4) is 0 Å². The second-order valence-corrected chi connectivity index (χ2v) is 4.71. The van der Waals surface area contributed by atoms with E-state index in [9.17, 15) is 0 Å². The number of allylic oxidation sites excluding steroid dienone is 1. The molecule has 0 fully saturated rings. The zero-order chi connectivity index (χ0) is 9.42. The summed E-state index contributed by atoms with van der Waals surface area (Å²) in [6.07, 6.45) is 3.44. The molecule has 68 valence electrons. The van der Waals surface area contributed by atoms with Crippen molar-refractivity contribution in [2.75, 3.05) is 0 Å². The molecule has 1 aliphatic rings. The standard InChI is InChI=1S/C12H13Br/c1-8(2)10-6-9-4-3-5-12(13)11(9)7-10/h3-6,8H,7H2,1-2H3. The number of hydrogen-bond donors (Lipinski definition) is 0. The monoisotopic (exact) mass is 236 g/mol. The lowest BCUT2D eigenvalue weighted by Gasteiger charge is -2.05. The van der Waals surface area contributed by atoms with E-state index in [1.54, 1.807) is 5.57 Å². The van der Waals surface area contributed by atoms with Crippen LogP contribution in [-0.4, -0.2) is 0 Å². The number of rotatable bonds is 1. The van der Waals surface area contributed by atoms with Crippen molar-refractivity contribution in [1.82, 2.24) is 0 Å². The number of halogens is 1. The lowest BCUT2D eigenvalue weighted by molar-refractivity contribution is 0.754. The molecule has 0 amide bonds. The minimum absolute atomic E-state index is 0.666. The van der Waals surface area contributed by atoms with Crippen LogP contribution in [0.4, 0.5) is 0 Å². The van der Waals surface area contributed by atoms with Crippen LogP contribution in [-0.2, 0) is 6.42 Å². The smallest absolute Gasteiger partial charge is 0.0216 e. The average Bonchev–Trinajstić information content (AvgIpc) is 2.49. The Kier molecular flexibility index (Phi) is 2.29. The summed E-state index contributed by atoms with van der Waals surface area (Å²) in [6.45, 7) is 4.51. The van der Waals surface area contributed by atoms with Crippen LogP contribution in [0.5, 0.6) is 0 Å². The van der Waals surface area contributed by atoms with Gasteiger partial charge in [-0.2, -0.15) is 0 Å². The van der Waals surface area contributed by atoms with Crippen molar-refractivity contribution >= 4 is 22.0 Å². The Morgan fingerprint density at radius 3 is 2.69 bits per heavy atom. The summed E-state index contributed by atoms with van der Waals surface area (Å²) in [5.41, 5.74) is 4.38. The lowest BCUT2D eigenvalue weighted by Crippen LogP contribution is -1.93. The largest absolute Gasteiger partial charge is 0.0626 e. The maximum Gasteiger partial charge on any atom is 0.0216 e. The quantitative estimate of drug-likeness (QED) is 0.691. The van der Waals surface area contributed by atoms with Crippen LogP contribution < -0.4 is 0 Å². The highest BCUT2D eigenvalue weighted by atomic mass is 79.9. The topological polar surface area (TPSA) is 0 Å². The third kappa shape index (κ3) is 1.58. The SMILES string of the molecule is CC(C)C1=Cc2cccc(Br)c2C1. The highest BCUT2D eigenvalue weighted by Crippen LogP contribution is 2.33. The van der Waals surface area contributed by atoms with Crippen LogP contribution in [0.2, 0.25) is 0 Å². The molecular weight excluding hydrogens is 224 g/mol. The normalized spacial score (nSPS) is 14.6. The van der Waals surface area contributed by atoms with E-state index < -0.39 is 0 Å². The highest BCUT2D eigenvalue weighted by molar-refractivity contribution is 9.10. The first-order valence-electron chi connectivity index (χ1n) is 4.66. The molecule has 13 heavy (non-hydrogen) atoms. The number of fused-ring (bicyclic) bond motifs is 1. The first-order chi connectivity index (χ1) is 6.18. The van der Waals surface area contributed by atoms with Crippen LogP contribution in [0.15, 0.2) is 28.2 Å². The fraction of sp³-hybridized carbons (Fsp3) is 0.333. The molecule has 0 bridgehead atoms. The van der Waals surface area contributed by atoms with E-state index in [1.165, 1.54) is 15.6 Å². The van der Waals surface area contributed by atoms with E-state index in [1.807, 2.05) is 0 Å². The summed E-state index contributed by atoms with van der Waals surface area (Å²) < 4.78 is 1.25. The Morgan fingerprint density at radius 2 is 2.08 bits per heavy atom. The summed E-state index contributed by atoms with van der Waals surface area (Å²) in [5, 5.41) is 0. The second kappa shape index (κ2) is 3.30. The van der Waals surface area contributed by atoms with Crippen LogP contribution in [0.25, 0.3) is 6.08 Å². The molecular formula is C12H13Br. The van der Waals surface area contributed by atoms with Gasteiger partial charge in [-0.05, 0) is 29.5 Å². The van der Waals surface area contributed by atoms with Gasteiger partial charge in [0, 0.05) is 4.47 Å². The van der Waals surface area contributed by atoms with Crippen molar-refractivity contribution in [2.45, 2.75) is 20.3 Å². The third-order valence-corrected chi connectivity index (χ3v) is 3.36. The van der Waals surface area contributed by atoms with Crippen molar-refractivity contribution in [1.29, 1.82) is 0 Å². The minimum Gasteiger partial charge on any atom is -0.0626 e. The molecule has 2 rings (SSSR count). The fourth-order valence-corrected chi connectivity index (χ4v) is 2.24. The molecule has 1 aromatic rings. The molecule has 0 heterocycles. The van der Waals surface area contributed by atoms with E-state index >= 15 is 0 Å². The lowest BCUT2D eigenvalue weighted by atomic mass is 10.0. The van der Waals surface area contributed by atoms with Gasteiger partial charge >= 0.3 is 0 Å². The Bertz CT molecular complexity index is 361. The molecule has 0 saturated heterocycles. The Labute approximate surface area is 87.8 Å². The van der Waals surface area contributed by atoms with Crippen LogP contribution in [0.1, 0.15) is 25.0 Å². The van der Waals surface area contributed by atoms with E-state index in [2.05, 4.69) is 54.1 Å². The molecule has 0 aliphatic heterocycles. The van der Waals surface area contributed by atoms with Gasteiger partial charge in [0.15, 0.2) is 0 Å². The van der Waals surface area contributed by atoms with Gasteiger partial charge in [-0.1, -0.05) is 53.6 Å². The number of benzene rings is 1. The Balaban J connectivity index is 2.41. The molecule has 0 spiro atoms. The Morgan fingerprint density at radius 1 is 1.31 bits per heavy atom. The third-order valence-electron chi connectivity index (χ3n) is 2.62.